The Balaban J connectivity index is 2.32. The summed E-state index contributed by atoms with van der Waals surface area (Å²) in [5.74, 6) is 0. The molecule has 0 saturated carbocycles. The van der Waals surface area contributed by atoms with Crippen LogP contribution in [0.2, 0.25) is 0 Å². The first-order valence-electron chi connectivity index (χ1n) is 7.32. The Kier molecular flexibility index (Phi) is 5.36. The van der Waals surface area contributed by atoms with Gasteiger partial charge in [-0.3, -0.25) is 5.43 Å². The maximum atomic E-state index is 4.22. The molecule has 0 aliphatic carbocycles. The third-order valence-corrected chi connectivity index (χ3v) is 3.30. The van der Waals surface area contributed by atoms with Crippen LogP contribution in [0.25, 0.3) is 11.1 Å². The van der Waals surface area contributed by atoms with E-state index in [0.29, 0.717) is 6.54 Å². The predicted octanol–water partition coefficient (Wildman–Crippen LogP) is 5.29. The highest BCUT2D eigenvalue weighted by molar-refractivity contribution is 5.70. The lowest BCUT2D eigenvalue weighted by Crippen LogP contribution is -1.90. The van der Waals surface area contributed by atoms with Gasteiger partial charge >= 0.3 is 0 Å². The molecule has 0 unspecified atom stereocenters. The summed E-state index contributed by atoms with van der Waals surface area (Å²) in [6.07, 6.45) is 0. The first kappa shape index (κ1) is 15.8. The maximum absolute atomic E-state index is 4.22. The monoisotopic (exact) mass is 295 g/mol. The normalized spacial score (nSPS) is 11.5. The summed E-state index contributed by atoms with van der Waals surface area (Å²) in [7, 11) is 1.73. The molecule has 0 aromatic heterocycles. The van der Waals surface area contributed by atoms with Crippen molar-refractivity contribution in [2.45, 2.75) is 20.8 Å². The molecule has 0 spiro atoms. The Morgan fingerprint density at radius 3 is 1.86 bits per heavy atom. The molecular formula is C17H21N5. The van der Waals surface area contributed by atoms with Gasteiger partial charge in [-0.25, -0.2) is 0 Å². The second-order valence-corrected chi connectivity index (χ2v) is 4.98. The molecule has 0 fully saturated rings. The molecule has 1 N–H and O–H groups in total. The van der Waals surface area contributed by atoms with Gasteiger partial charge in [0.1, 0.15) is 0 Å². The molecule has 2 rings (SSSR count). The summed E-state index contributed by atoms with van der Waals surface area (Å²) in [5.41, 5.74) is 8.96. The fraction of sp³-hybridized carbons (Fsp3) is 0.294. The van der Waals surface area contributed by atoms with Crippen molar-refractivity contribution in [1.82, 2.24) is 5.43 Å². The van der Waals surface area contributed by atoms with Crippen LogP contribution in [0.4, 0.5) is 11.4 Å². The number of hydrogen-bond acceptors (Lipinski definition) is 4. The molecule has 0 amide bonds. The summed E-state index contributed by atoms with van der Waals surface area (Å²) in [5, 5.41) is 16.2. The first-order chi connectivity index (χ1) is 10.7. The molecule has 0 atom stereocenters. The van der Waals surface area contributed by atoms with Crippen molar-refractivity contribution < 1.29 is 0 Å². The van der Waals surface area contributed by atoms with Crippen LogP contribution in [-0.4, -0.2) is 13.6 Å². The average Bonchev–Trinajstić information content (AvgIpc) is 2.52. The van der Waals surface area contributed by atoms with E-state index in [0.717, 1.165) is 33.6 Å². The van der Waals surface area contributed by atoms with Crippen molar-refractivity contribution in [3.05, 3.63) is 47.5 Å². The van der Waals surface area contributed by atoms with Crippen LogP contribution in [0.1, 0.15) is 18.1 Å². The van der Waals surface area contributed by atoms with Crippen LogP contribution in [0.5, 0.6) is 0 Å². The van der Waals surface area contributed by atoms with Crippen molar-refractivity contribution in [2.75, 3.05) is 13.6 Å². The van der Waals surface area contributed by atoms with Gasteiger partial charge in [-0.1, -0.05) is 17.4 Å². The van der Waals surface area contributed by atoms with E-state index < -0.39 is 0 Å². The van der Waals surface area contributed by atoms with E-state index in [1.807, 2.05) is 26.0 Å². The van der Waals surface area contributed by atoms with Gasteiger partial charge in [0.15, 0.2) is 0 Å². The van der Waals surface area contributed by atoms with E-state index in [1.54, 1.807) is 7.05 Å². The van der Waals surface area contributed by atoms with Gasteiger partial charge in [-0.15, -0.1) is 5.11 Å². The SMILES string of the molecule is CC/N=N/c1ccc(-c2ccc(N=NNC)c(C)c2)cc1C. The van der Waals surface area contributed by atoms with E-state index >= 15 is 0 Å². The third kappa shape index (κ3) is 3.75. The van der Waals surface area contributed by atoms with Gasteiger partial charge in [0.2, 0.25) is 0 Å². The molecule has 0 bridgehead atoms. The standard InChI is InChI=1S/C17H21N5/c1-5-19-20-16-8-6-14(10-12(16)2)15-7-9-17(13(3)11-15)21-22-18-4/h6-11H,5H2,1-4H3,(H,18,21)/b20-19+. The minimum absolute atomic E-state index is 0.697. The van der Waals surface area contributed by atoms with E-state index in [4.69, 9.17) is 0 Å². The molecule has 0 heterocycles. The van der Waals surface area contributed by atoms with Crippen LogP contribution in [0, 0.1) is 13.8 Å². The summed E-state index contributed by atoms with van der Waals surface area (Å²) in [6, 6.07) is 12.4. The van der Waals surface area contributed by atoms with Gasteiger partial charge < -0.3 is 0 Å². The van der Waals surface area contributed by atoms with Gasteiger partial charge in [-0.2, -0.15) is 10.2 Å². The second kappa shape index (κ2) is 7.45. The molecule has 0 aliphatic heterocycles. The summed E-state index contributed by atoms with van der Waals surface area (Å²) in [6.45, 7) is 6.76. The quantitative estimate of drug-likeness (QED) is 0.591. The van der Waals surface area contributed by atoms with Crippen LogP contribution in [-0.2, 0) is 0 Å². The van der Waals surface area contributed by atoms with E-state index in [1.165, 1.54) is 0 Å². The minimum atomic E-state index is 0.697. The van der Waals surface area contributed by atoms with Gasteiger partial charge in [-0.05, 0) is 67.3 Å². The third-order valence-electron chi connectivity index (χ3n) is 3.30. The highest BCUT2D eigenvalue weighted by Gasteiger charge is 2.04. The first-order valence-corrected chi connectivity index (χ1v) is 7.32. The molecule has 2 aromatic carbocycles. The number of benzene rings is 2. The lowest BCUT2D eigenvalue weighted by molar-refractivity contribution is 0.821. The van der Waals surface area contributed by atoms with Crippen LogP contribution >= 0.6 is 0 Å². The molecule has 0 radical (unpaired) electrons. The predicted molar refractivity (Wildman–Crippen MR) is 90.0 cm³/mol. The summed E-state index contributed by atoms with van der Waals surface area (Å²) >= 11 is 0. The van der Waals surface area contributed by atoms with Crippen LogP contribution in [0.3, 0.4) is 0 Å². The molecule has 0 saturated heterocycles. The summed E-state index contributed by atoms with van der Waals surface area (Å²) in [4.78, 5) is 0. The average molecular weight is 295 g/mol. The highest BCUT2D eigenvalue weighted by Crippen LogP contribution is 2.30. The number of azo groups is 1. The Hall–Kier alpha value is -2.56. The fourth-order valence-corrected chi connectivity index (χ4v) is 2.15. The summed E-state index contributed by atoms with van der Waals surface area (Å²) < 4.78 is 0. The van der Waals surface area contributed by atoms with E-state index in [9.17, 15) is 0 Å². The molecule has 5 nitrogen and oxygen atoms in total. The Morgan fingerprint density at radius 1 is 0.864 bits per heavy atom. The van der Waals surface area contributed by atoms with Crippen molar-refractivity contribution in [3.63, 3.8) is 0 Å². The largest absolute Gasteiger partial charge is 0.295 e. The highest BCUT2D eigenvalue weighted by atomic mass is 15.4. The van der Waals surface area contributed by atoms with Gasteiger partial charge in [0.25, 0.3) is 0 Å². The number of hydrogen-bond donors (Lipinski definition) is 1. The zero-order chi connectivity index (χ0) is 15.9. The molecular weight excluding hydrogens is 274 g/mol. The van der Waals surface area contributed by atoms with Crippen molar-refractivity contribution in [2.24, 2.45) is 20.6 Å². The Labute approximate surface area is 131 Å². The Morgan fingerprint density at radius 2 is 1.41 bits per heavy atom. The van der Waals surface area contributed by atoms with Crippen molar-refractivity contribution >= 4 is 11.4 Å². The van der Waals surface area contributed by atoms with Crippen LogP contribution < -0.4 is 5.43 Å². The number of nitrogens with zero attached hydrogens (tertiary/aromatic N) is 4. The lowest BCUT2D eigenvalue weighted by atomic mass is 10.0. The topological polar surface area (TPSA) is 61.5 Å². The molecule has 2 aromatic rings. The smallest absolute Gasteiger partial charge is 0.0903 e. The van der Waals surface area contributed by atoms with Crippen molar-refractivity contribution in [1.29, 1.82) is 0 Å². The fourth-order valence-electron chi connectivity index (χ4n) is 2.15. The lowest BCUT2D eigenvalue weighted by Gasteiger charge is -2.07. The number of nitrogens with one attached hydrogen (secondary N) is 1. The van der Waals surface area contributed by atoms with Crippen molar-refractivity contribution in [3.8, 4) is 11.1 Å². The zero-order valence-electron chi connectivity index (χ0n) is 13.5. The van der Waals surface area contributed by atoms with Gasteiger partial charge in [0, 0.05) is 7.05 Å². The molecule has 114 valence electrons. The zero-order valence-corrected chi connectivity index (χ0v) is 13.5. The number of rotatable bonds is 5. The number of aryl methyl sites for hydroxylation is 2. The molecule has 22 heavy (non-hydrogen) atoms. The second-order valence-electron chi connectivity index (χ2n) is 4.98. The van der Waals surface area contributed by atoms with Gasteiger partial charge in [0.05, 0.1) is 17.9 Å². The molecule has 0 aliphatic rings. The van der Waals surface area contributed by atoms with Crippen LogP contribution in [0.15, 0.2) is 57.0 Å². The van der Waals surface area contributed by atoms with E-state index in [2.05, 4.69) is 57.2 Å². The minimum Gasteiger partial charge on any atom is -0.295 e. The van der Waals surface area contributed by atoms with E-state index in [-0.39, 0.29) is 0 Å². The Bertz CT molecular complexity index is 643. The maximum Gasteiger partial charge on any atom is 0.0903 e. The molecule has 5 heteroatoms.